The summed E-state index contributed by atoms with van der Waals surface area (Å²) >= 11 is 0. The van der Waals surface area contributed by atoms with Crippen molar-refractivity contribution >= 4 is 29.4 Å². The number of aliphatic hydroxyl groups is 1. The lowest BCUT2D eigenvalue weighted by molar-refractivity contribution is -0.159. The van der Waals surface area contributed by atoms with Crippen LogP contribution in [0.25, 0.3) is 5.70 Å². The Balaban J connectivity index is 2.09. The first-order valence-electron chi connectivity index (χ1n) is 15.2. The van der Waals surface area contributed by atoms with E-state index in [2.05, 4.69) is 5.32 Å². The van der Waals surface area contributed by atoms with E-state index in [1.807, 2.05) is 6.07 Å². The maximum absolute atomic E-state index is 14.2. The predicted molar refractivity (Wildman–Crippen MR) is 172 cm³/mol. The summed E-state index contributed by atoms with van der Waals surface area (Å²) in [5.74, 6) is -1.98. The zero-order valence-corrected chi connectivity index (χ0v) is 28.1. The molecule has 1 aliphatic heterocycles. The molecule has 3 rings (SSSR count). The lowest BCUT2D eigenvalue weighted by Gasteiger charge is -2.41. The van der Waals surface area contributed by atoms with Crippen molar-refractivity contribution in [3.63, 3.8) is 0 Å². The van der Waals surface area contributed by atoms with E-state index in [1.165, 1.54) is 44.4 Å². The number of benzene rings is 2. The van der Waals surface area contributed by atoms with Crippen molar-refractivity contribution in [3.8, 4) is 17.2 Å². The van der Waals surface area contributed by atoms with Crippen LogP contribution in [0.1, 0.15) is 38.8 Å². The SMILES string of the molecule is COCC(=O)N1C=C(c2cc(OC)c(OC)c(OC)c2)N(CC(=O)N[C@@H](Cc2ccccc2)C(O)C(=O)OC(C)C)C(=O)C1C(C)C. The van der Waals surface area contributed by atoms with E-state index in [1.54, 1.807) is 64.1 Å². The third-order valence-corrected chi connectivity index (χ3v) is 7.44. The molecule has 0 aliphatic carbocycles. The zero-order chi connectivity index (χ0) is 34.8. The summed E-state index contributed by atoms with van der Waals surface area (Å²) in [5.41, 5.74) is 1.35. The normalized spacial score (nSPS) is 16.0. The highest BCUT2D eigenvalue weighted by atomic mass is 16.6. The van der Waals surface area contributed by atoms with Crippen molar-refractivity contribution in [2.45, 2.75) is 58.4 Å². The molecule has 0 aromatic heterocycles. The van der Waals surface area contributed by atoms with E-state index >= 15 is 0 Å². The molecule has 2 unspecified atom stereocenters. The van der Waals surface area contributed by atoms with E-state index in [9.17, 15) is 24.3 Å². The maximum Gasteiger partial charge on any atom is 0.337 e. The number of hydrogen-bond acceptors (Lipinski definition) is 10. The van der Waals surface area contributed by atoms with Crippen LogP contribution in [-0.2, 0) is 35.1 Å². The van der Waals surface area contributed by atoms with Gasteiger partial charge in [-0.1, -0.05) is 44.2 Å². The third kappa shape index (κ3) is 9.01. The monoisotopic (exact) mass is 655 g/mol. The van der Waals surface area contributed by atoms with Gasteiger partial charge in [-0.05, 0) is 43.9 Å². The number of ether oxygens (including phenoxy) is 5. The van der Waals surface area contributed by atoms with Crippen LogP contribution >= 0.6 is 0 Å². The quantitative estimate of drug-likeness (QED) is 0.274. The van der Waals surface area contributed by atoms with Crippen molar-refractivity contribution in [3.05, 3.63) is 59.8 Å². The van der Waals surface area contributed by atoms with Gasteiger partial charge in [0.2, 0.25) is 11.7 Å². The first kappa shape index (κ1) is 36.8. The molecule has 0 fully saturated rings. The van der Waals surface area contributed by atoms with Crippen LogP contribution in [-0.4, -0.2) is 104 Å². The highest BCUT2D eigenvalue weighted by Gasteiger charge is 2.42. The molecule has 3 atom stereocenters. The zero-order valence-electron chi connectivity index (χ0n) is 28.1. The number of nitrogens with one attached hydrogen (secondary N) is 1. The summed E-state index contributed by atoms with van der Waals surface area (Å²) in [6.07, 6.45) is -0.566. The van der Waals surface area contributed by atoms with Crippen molar-refractivity contribution in [2.75, 3.05) is 41.6 Å². The summed E-state index contributed by atoms with van der Waals surface area (Å²) in [6.45, 7) is 6.10. The first-order chi connectivity index (χ1) is 22.4. The number of amides is 3. The van der Waals surface area contributed by atoms with Crippen LogP contribution in [0.4, 0.5) is 0 Å². The van der Waals surface area contributed by atoms with Crippen LogP contribution < -0.4 is 19.5 Å². The Labute approximate surface area is 275 Å². The van der Waals surface area contributed by atoms with Crippen molar-refractivity contribution in [1.82, 2.24) is 15.1 Å². The first-order valence-corrected chi connectivity index (χ1v) is 15.2. The molecule has 13 heteroatoms. The van der Waals surface area contributed by atoms with E-state index in [0.29, 0.717) is 11.3 Å². The molecule has 1 aliphatic rings. The Morgan fingerprint density at radius 3 is 2.06 bits per heavy atom. The van der Waals surface area contributed by atoms with Crippen LogP contribution in [0.3, 0.4) is 0 Å². The molecule has 1 heterocycles. The Bertz CT molecular complexity index is 1420. The highest BCUT2D eigenvalue weighted by molar-refractivity contribution is 6.00. The Morgan fingerprint density at radius 2 is 1.55 bits per heavy atom. The fourth-order valence-electron chi connectivity index (χ4n) is 5.30. The summed E-state index contributed by atoms with van der Waals surface area (Å²) in [5, 5.41) is 13.7. The van der Waals surface area contributed by atoms with Gasteiger partial charge in [-0.25, -0.2) is 4.79 Å². The number of hydrogen-bond donors (Lipinski definition) is 2. The molecular formula is C34H45N3O10. The van der Waals surface area contributed by atoms with Crippen molar-refractivity contribution in [1.29, 1.82) is 0 Å². The van der Waals surface area contributed by atoms with Gasteiger partial charge in [0.05, 0.1) is 39.2 Å². The van der Waals surface area contributed by atoms with Crippen LogP contribution in [0.5, 0.6) is 17.2 Å². The number of nitrogens with zero attached hydrogens (tertiary/aromatic N) is 2. The summed E-state index contributed by atoms with van der Waals surface area (Å²) in [6, 6.07) is 10.2. The van der Waals surface area contributed by atoms with Gasteiger partial charge in [-0.2, -0.15) is 0 Å². The second kappa shape index (κ2) is 16.8. The fraction of sp³-hybridized carbons (Fsp3) is 0.471. The predicted octanol–water partition coefficient (Wildman–Crippen LogP) is 2.39. The van der Waals surface area contributed by atoms with E-state index in [-0.39, 0.29) is 36.1 Å². The van der Waals surface area contributed by atoms with E-state index in [0.717, 1.165) is 5.56 Å². The lowest BCUT2D eigenvalue weighted by Crippen LogP contribution is -2.58. The summed E-state index contributed by atoms with van der Waals surface area (Å²) in [7, 11) is 5.72. The molecule has 2 aromatic rings. The number of carbonyl (C=O) groups excluding carboxylic acids is 4. The number of rotatable bonds is 15. The van der Waals surface area contributed by atoms with E-state index < -0.39 is 54.5 Å². The number of carbonyl (C=O) groups is 4. The van der Waals surface area contributed by atoms with E-state index in [4.69, 9.17) is 23.7 Å². The molecule has 47 heavy (non-hydrogen) atoms. The maximum atomic E-state index is 14.2. The average molecular weight is 656 g/mol. The standard InChI is InChI=1S/C34H45N3O10/c1-20(2)30-33(41)36(18-28(38)35-24(14-22-12-10-9-11-13-22)31(40)34(42)47-21(3)4)25(17-37(30)29(39)19-43-5)23-15-26(44-6)32(46-8)27(16-23)45-7/h9-13,15-17,20-21,24,30-31,40H,14,18-19H2,1-8H3,(H,35,38)/t24-,30?,31?/m0/s1. The third-order valence-electron chi connectivity index (χ3n) is 7.44. The average Bonchev–Trinajstić information content (AvgIpc) is 3.04. The summed E-state index contributed by atoms with van der Waals surface area (Å²) in [4.78, 5) is 56.5. The fourth-order valence-corrected chi connectivity index (χ4v) is 5.30. The molecule has 0 radical (unpaired) electrons. The molecule has 13 nitrogen and oxygen atoms in total. The van der Waals surface area contributed by atoms with Crippen LogP contribution in [0, 0.1) is 5.92 Å². The topological polar surface area (TPSA) is 153 Å². The van der Waals surface area contributed by atoms with Crippen molar-refractivity contribution < 1.29 is 48.0 Å². The number of methoxy groups -OCH3 is 4. The van der Waals surface area contributed by atoms with Gasteiger partial charge in [0.1, 0.15) is 19.2 Å². The molecule has 0 saturated carbocycles. The smallest absolute Gasteiger partial charge is 0.337 e. The molecular weight excluding hydrogens is 610 g/mol. The highest BCUT2D eigenvalue weighted by Crippen LogP contribution is 2.41. The second-order valence-electron chi connectivity index (χ2n) is 11.6. The minimum atomic E-state index is -1.69. The van der Waals surface area contributed by atoms with Gasteiger partial charge in [0.25, 0.3) is 11.8 Å². The Hall–Kier alpha value is -4.62. The number of esters is 1. The van der Waals surface area contributed by atoms with Gasteiger partial charge < -0.3 is 39.0 Å². The molecule has 2 N–H and O–H groups in total. The molecule has 0 bridgehead atoms. The Kier molecular flexibility index (Phi) is 13.2. The van der Waals surface area contributed by atoms with Gasteiger partial charge in [-0.15, -0.1) is 0 Å². The van der Waals surface area contributed by atoms with Gasteiger partial charge in [-0.3, -0.25) is 19.3 Å². The van der Waals surface area contributed by atoms with Gasteiger partial charge >= 0.3 is 5.97 Å². The summed E-state index contributed by atoms with van der Waals surface area (Å²) < 4.78 is 26.8. The van der Waals surface area contributed by atoms with Gasteiger partial charge in [0.15, 0.2) is 17.6 Å². The van der Waals surface area contributed by atoms with Crippen molar-refractivity contribution in [2.24, 2.45) is 5.92 Å². The molecule has 0 saturated heterocycles. The second-order valence-corrected chi connectivity index (χ2v) is 11.6. The minimum absolute atomic E-state index is 0.110. The lowest BCUT2D eigenvalue weighted by atomic mass is 9.96. The Morgan fingerprint density at radius 1 is 0.936 bits per heavy atom. The van der Waals surface area contributed by atoms with Crippen LogP contribution in [0.15, 0.2) is 48.7 Å². The number of aliphatic hydroxyl groups excluding tert-OH is 1. The molecule has 0 spiro atoms. The van der Waals surface area contributed by atoms with Gasteiger partial charge in [0, 0.05) is 18.9 Å². The minimum Gasteiger partial charge on any atom is -0.493 e. The van der Waals surface area contributed by atoms with Crippen LogP contribution in [0.2, 0.25) is 0 Å². The molecule has 256 valence electrons. The molecule has 2 aromatic carbocycles. The largest absolute Gasteiger partial charge is 0.493 e. The molecule has 3 amide bonds.